The largest absolute Gasteiger partial charge is 0.335 e. The van der Waals surface area contributed by atoms with Gasteiger partial charge in [-0.3, -0.25) is 19.7 Å². The lowest BCUT2D eigenvalue weighted by atomic mass is 9.96. The van der Waals surface area contributed by atoms with Gasteiger partial charge in [0.15, 0.2) is 5.78 Å². The van der Waals surface area contributed by atoms with Crippen molar-refractivity contribution in [2.75, 3.05) is 0 Å². The van der Waals surface area contributed by atoms with Crippen LogP contribution in [0.2, 0.25) is 0 Å². The number of carbonyl (C=O) groups is 3. The fourth-order valence-electron chi connectivity index (χ4n) is 6.42. The second-order valence-electron chi connectivity index (χ2n) is 8.83. The Bertz CT molecular complexity index is 1740. The number of para-hydroxylation sites is 2. The Morgan fingerprint density at radius 2 is 1.29 bits per heavy atom. The lowest BCUT2D eigenvalue weighted by molar-refractivity contribution is -0.120. The molecule has 3 aliphatic rings. The lowest BCUT2D eigenvalue weighted by Crippen LogP contribution is -2.20. The molecule has 0 radical (unpaired) electrons. The van der Waals surface area contributed by atoms with Gasteiger partial charge in [-0.05, 0) is 18.6 Å². The summed E-state index contributed by atoms with van der Waals surface area (Å²) >= 11 is 0. The van der Waals surface area contributed by atoms with Crippen molar-refractivity contribution < 1.29 is 14.4 Å². The third-order valence-electron chi connectivity index (χ3n) is 7.46. The molecule has 3 aromatic carbocycles. The second kappa shape index (κ2) is 4.86. The lowest BCUT2D eigenvalue weighted by Gasteiger charge is -2.15. The van der Waals surface area contributed by atoms with Crippen LogP contribution in [-0.2, 0) is 4.79 Å². The van der Waals surface area contributed by atoms with Crippen LogP contribution in [0.15, 0.2) is 48.5 Å². The maximum absolute atomic E-state index is 13.2. The number of ketones is 1. The Morgan fingerprint density at radius 3 is 1.94 bits per heavy atom. The average molecular weight is 405 g/mol. The Morgan fingerprint density at radius 1 is 0.742 bits per heavy atom. The summed E-state index contributed by atoms with van der Waals surface area (Å²) in [6.07, 6.45) is 1.20. The van der Waals surface area contributed by atoms with E-state index in [0.717, 1.165) is 50.0 Å². The molecule has 2 amide bonds. The van der Waals surface area contributed by atoms with Gasteiger partial charge in [-0.25, -0.2) is 0 Å². The highest BCUT2D eigenvalue weighted by atomic mass is 16.2. The van der Waals surface area contributed by atoms with E-state index in [1.54, 1.807) is 0 Å². The summed E-state index contributed by atoms with van der Waals surface area (Å²) in [6.45, 7) is 0. The summed E-state index contributed by atoms with van der Waals surface area (Å²) in [4.78, 5) is 39.2. The van der Waals surface area contributed by atoms with Crippen molar-refractivity contribution in [3.63, 3.8) is 0 Å². The Hall–Kier alpha value is -3.93. The third-order valence-corrected chi connectivity index (χ3v) is 7.46. The molecule has 4 heterocycles. The van der Waals surface area contributed by atoms with Crippen LogP contribution >= 0.6 is 0 Å². The molecular weight excluding hydrogens is 390 g/mol. The van der Waals surface area contributed by atoms with Crippen LogP contribution in [0.25, 0.3) is 43.6 Å². The zero-order chi connectivity index (χ0) is 20.6. The van der Waals surface area contributed by atoms with E-state index in [-0.39, 0.29) is 29.7 Å². The molecule has 8 rings (SSSR count). The number of Topliss-reactive ketones (excluding diaryl/α,β-unsaturated/α-hetero) is 1. The fourth-order valence-corrected chi connectivity index (χ4v) is 6.42. The highest BCUT2D eigenvalue weighted by Gasteiger charge is 2.44. The molecule has 0 unspecified atom stereocenters. The number of rotatable bonds is 0. The van der Waals surface area contributed by atoms with Crippen molar-refractivity contribution >= 4 is 61.2 Å². The van der Waals surface area contributed by atoms with Crippen molar-refractivity contribution in [3.05, 3.63) is 59.7 Å². The van der Waals surface area contributed by atoms with Crippen LogP contribution in [0.1, 0.15) is 45.6 Å². The van der Waals surface area contributed by atoms with Crippen LogP contribution in [0.5, 0.6) is 0 Å². The van der Waals surface area contributed by atoms with Crippen molar-refractivity contribution in [3.8, 4) is 0 Å². The van der Waals surface area contributed by atoms with E-state index in [1.165, 1.54) is 0 Å². The van der Waals surface area contributed by atoms with Gasteiger partial charge in [0.2, 0.25) is 0 Å². The minimum absolute atomic E-state index is 0.0416. The topological polar surface area (TPSA) is 73.1 Å². The summed E-state index contributed by atoms with van der Waals surface area (Å²) < 4.78 is 4.41. The number of nitrogens with zero attached hydrogens (tertiary/aromatic N) is 2. The quantitative estimate of drug-likeness (QED) is 0.392. The third kappa shape index (κ3) is 1.57. The van der Waals surface area contributed by atoms with Gasteiger partial charge in [0, 0.05) is 45.0 Å². The van der Waals surface area contributed by atoms with E-state index < -0.39 is 0 Å². The van der Waals surface area contributed by atoms with Gasteiger partial charge in [0.05, 0.1) is 28.2 Å². The molecule has 0 spiro atoms. The van der Waals surface area contributed by atoms with Crippen LogP contribution in [0.3, 0.4) is 0 Å². The average Bonchev–Trinajstić information content (AvgIpc) is 3.45. The zero-order valence-corrected chi connectivity index (χ0v) is 16.3. The first-order valence-electron chi connectivity index (χ1n) is 10.5. The molecule has 2 atom stereocenters. The predicted molar refractivity (Wildman–Crippen MR) is 117 cm³/mol. The summed E-state index contributed by atoms with van der Waals surface area (Å²) in [7, 11) is 0. The predicted octanol–water partition coefficient (Wildman–Crippen LogP) is 4.24. The summed E-state index contributed by atoms with van der Waals surface area (Å²) in [5.74, 6) is -0.472. The van der Waals surface area contributed by atoms with Crippen LogP contribution < -0.4 is 5.32 Å². The fraction of sp³-hybridized carbons (Fsp3) is 0.160. The minimum atomic E-state index is -0.359. The van der Waals surface area contributed by atoms with Crippen LogP contribution in [0, 0.1) is 0 Å². The number of carbonyl (C=O) groups excluding carboxylic acids is 3. The smallest absolute Gasteiger partial charge is 0.259 e. The monoisotopic (exact) mass is 405 g/mol. The highest BCUT2D eigenvalue weighted by Crippen LogP contribution is 2.52. The summed E-state index contributed by atoms with van der Waals surface area (Å²) in [6, 6.07) is 15.7. The first-order chi connectivity index (χ1) is 15.1. The number of amides is 2. The normalized spacial score (nSPS) is 21.7. The Labute approximate surface area is 175 Å². The van der Waals surface area contributed by atoms with E-state index in [4.69, 9.17) is 0 Å². The number of aromatic nitrogens is 2. The first kappa shape index (κ1) is 15.8. The number of fused-ring (bicyclic) bond motifs is 13. The maximum Gasteiger partial charge on any atom is 0.259 e. The minimum Gasteiger partial charge on any atom is -0.335 e. The molecule has 148 valence electrons. The molecular formula is C25H15N3O3. The molecule has 2 aliphatic heterocycles. The molecule has 5 aromatic rings. The standard InChI is InChI=1S/C25H15N3O3/c29-17-10-11-9-16(17)28-15-8-4-2-6-13(15)19-21-20(24(30)26-25(21)31)18-12-5-1-3-7-14(12)27(11)22(18)23(19)28/h1-8,11,16H,9-10H2,(H,26,30,31)/t11-,16+/m1/s1. The first-order valence-corrected chi connectivity index (χ1v) is 10.5. The molecule has 31 heavy (non-hydrogen) atoms. The SMILES string of the molecule is O=C1NC(=O)c2c1c1c3ccccc3n3c1c1c2c2ccccc2n1[C@H]1C[C@@H]3CC1=O. The van der Waals surface area contributed by atoms with Crippen LogP contribution in [-0.4, -0.2) is 26.7 Å². The maximum atomic E-state index is 13.2. The number of benzene rings is 3. The van der Waals surface area contributed by atoms with Gasteiger partial charge in [-0.15, -0.1) is 0 Å². The van der Waals surface area contributed by atoms with Gasteiger partial charge in [-0.1, -0.05) is 36.4 Å². The van der Waals surface area contributed by atoms with E-state index in [9.17, 15) is 14.4 Å². The summed E-state index contributed by atoms with van der Waals surface area (Å²) in [5.41, 5.74) is 4.73. The Kier molecular flexibility index (Phi) is 2.48. The molecule has 2 bridgehead atoms. The van der Waals surface area contributed by atoms with Crippen LogP contribution in [0.4, 0.5) is 0 Å². The number of hydrogen-bond donors (Lipinski definition) is 1. The number of imide groups is 1. The molecule has 2 aromatic heterocycles. The molecule has 1 saturated carbocycles. The van der Waals surface area contributed by atoms with Gasteiger partial charge in [0.1, 0.15) is 0 Å². The van der Waals surface area contributed by atoms with E-state index in [1.807, 2.05) is 42.5 Å². The van der Waals surface area contributed by atoms with Crippen molar-refractivity contribution in [1.29, 1.82) is 0 Å². The van der Waals surface area contributed by atoms with Gasteiger partial charge < -0.3 is 9.13 Å². The molecule has 6 heteroatoms. The second-order valence-corrected chi connectivity index (χ2v) is 8.83. The van der Waals surface area contributed by atoms with Crippen molar-refractivity contribution in [1.82, 2.24) is 14.5 Å². The van der Waals surface area contributed by atoms with E-state index >= 15 is 0 Å². The number of nitrogens with one attached hydrogen (secondary N) is 1. The molecule has 6 nitrogen and oxygen atoms in total. The van der Waals surface area contributed by atoms with E-state index in [2.05, 4.69) is 20.5 Å². The molecule has 1 fully saturated rings. The molecule has 1 aliphatic carbocycles. The van der Waals surface area contributed by atoms with E-state index in [0.29, 0.717) is 17.5 Å². The molecule has 0 saturated heterocycles. The summed E-state index contributed by atoms with van der Waals surface area (Å²) in [5, 5.41) is 6.01. The zero-order valence-electron chi connectivity index (χ0n) is 16.3. The van der Waals surface area contributed by atoms with Crippen molar-refractivity contribution in [2.24, 2.45) is 0 Å². The molecule has 1 N–H and O–H groups in total. The number of hydrogen-bond acceptors (Lipinski definition) is 3. The van der Waals surface area contributed by atoms with Gasteiger partial charge in [0.25, 0.3) is 11.8 Å². The van der Waals surface area contributed by atoms with Gasteiger partial charge in [-0.2, -0.15) is 0 Å². The Balaban J connectivity index is 1.82. The van der Waals surface area contributed by atoms with Gasteiger partial charge >= 0.3 is 0 Å². The van der Waals surface area contributed by atoms with Crippen molar-refractivity contribution in [2.45, 2.75) is 24.9 Å². The highest BCUT2D eigenvalue weighted by molar-refractivity contribution is 6.39.